The first kappa shape index (κ1) is 12.2. The van der Waals surface area contributed by atoms with Gasteiger partial charge >= 0.3 is 7.12 Å². The summed E-state index contributed by atoms with van der Waals surface area (Å²) in [5, 5.41) is 17.5. The summed E-state index contributed by atoms with van der Waals surface area (Å²) in [6.07, 6.45) is 0. The highest BCUT2D eigenvalue weighted by molar-refractivity contribution is 7.92. The highest BCUT2D eigenvalue weighted by Crippen LogP contribution is 2.13. The smallest absolute Gasteiger partial charge is 0.423 e. The molecule has 0 radical (unpaired) electrons. The standard InChI is InChI=1S/C9H13BO4S/c1-7(2)15(13,14)9-6-4-3-5-8(9)10(11)12/h3-7,11-12H,1-2H3. The Kier molecular flexibility index (Phi) is 3.54. The molecule has 1 aromatic rings. The van der Waals surface area contributed by atoms with Crippen LogP contribution in [0, 0.1) is 0 Å². The van der Waals surface area contributed by atoms with Gasteiger partial charge < -0.3 is 10.0 Å². The van der Waals surface area contributed by atoms with Gasteiger partial charge in [-0.05, 0) is 19.9 Å². The van der Waals surface area contributed by atoms with Crippen LogP contribution in [0.2, 0.25) is 0 Å². The molecule has 15 heavy (non-hydrogen) atoms. The minimum Gasteiger partial charge on any atom is -0.423 e. The summed E-state index contributed by atoms with van der Waals surface area (Å²) >= 11 is 0. The summed E-state index contributed by atoms with van der Waals surface area (Å²) < 4.78 is 23.7. The molecule has 4 nitrogen and oxygen atoms in total. The molecule has 0 bridgehead atoms. The molecule has 82 valence electrons. The molecule has 1 rings (SSSR count). The molecule has 1 aromatic carbocycles. The molecule has 0 aliphatic heterocycles. The fraction of sp³-hybridized carbons (Fsp3) is 0.333. The van der Waals surface area contributed by atoms with E-state index < -0.39 is 22.2 Å². The fourth-order valence-electron chi connectivity index (χ4n) is 1.21. The average Bonchev–Trinajstić information content (AvgIpc) is 2.17. The molecular weight excluding hydrogens is 215 g/mol. The van der Waals surface area contributed by atoms with Crippen molar-refractivity contribution in [1.29, 1.82) is 0 Å². The Morgan fingerprint density at radius 3 is 2.20 bits per heavy atom. The van der Waals surface area contributed by atoms with E-state index >= 15 is 0 Å². The van der Waals surface area contributed by atoms with Gasteiger partial charge in [0.25, 0.3) is 0 Å². The Morgan fingerprint density at radius 2 is 1.73 bits per heavy atom. The Hall–Kier alpha value is -0.845. The van der Waals surface area contributed by atoms with Gasteiger partial charge in [0, 0.05) is 5.46 Å². The van der Waals surface area contributed by atoms with Crippen molar-refractivity contribution in [2.75, 3.05) is 0 Å². The number of rotatable bonds is 3. The van der Waals surface area contributed by atoms with Gasteiger partial charge in [0.2, 0.25) is 0 Å². The molecule has 0 heterocycles. The van der Waals surface area contributed by atoms with Gasteiger partial charge in [0.05, 0.1) is 10.1 Å². The first-order chi connectivity index (χ1) is 6.87. The van der Waals surface area contributed by atoms with Gasteiger partial charge in [-0.15, -0.1) is 0 Å². The number of hydrogen-bond acceptors (Lipinski definition) is 4. The molecule has 0 unspecified atom stereocenters. The van der Waals surface area contributed by atoms with Crippen molar-refractivity contribution in [2.45, 2.75) is 24.0 Å². The summed E-state index contributed by atoms with van der Waals surface area (Å²) in [6, 6.07) is 5.89. The zero-order valence-electron chi connectivity index (χ0n) is 8.58. The second kappa shape index (κ2) is 4.34. The summed E-state index contributed by atoms with van der Waals surface area (Å²) in [6.45, 7) is 3.10. The summed E-state index contributed by atoms with van der Waals surface area (Å²) in [4.78, 5) is -0.0185. The van der Waals surface area contributed by atoms with Crippen LogP contribution in [0.15, 0.2) is 29.2 Å². The molecule has 0 aromatic heterocycles. The predicted molar refractivity (Wildman–Crippen MR) is 58.6 cm³/mol. The van der Waals surface area contributed by atoms with Crippen molar-refractivity contribution in [3.63, 3.8) is 0 Å². The lowest BCUT2D eigenvalue weighted by Crippen LogP contribution is -2.35. The molecule has 0 aliphatic carbocycles. The van der Waals surface area contributed by atoms with E-state index in [1.165, 1.54) is 12.1 Å². The lowest BCUT2D eigenvalue weighted by molar-refractivity contribution is 0.424. The van der Waals surface area contributed by atoms with Crippen LogP contribution >= 0.6 is 0 Å². The van der Waals surface area contributed by atoms with E-state index in [2.05, 4.69) is 0 Å². The lowest BCUT2D eigenvalue weighted by atomic mass is 9.80. The zero-order chi connectivity index (χ0) is 11.6. The minimum absolute atomic E-state index is 0.0185. The highest BCUT2D eigenvalue weighted by atomic mass is 32.2. The van der Waals surface area contributed by atoms with E-state index in [0.29, 0.717) is 0 Å². The van der Waals surface area contributed by atoms with Gasteiger partial charge in [-0.2, -0.15) is 0 Å². The first-order valence-electron chi connectivity index (χ1n) is 4.56. The predicted octanol–water partition coefficient (Wildman–Crippen LogP) is -0.451. The number of benzene rings is 1. The molecule has 0 amide bonds. The number of sulfone groups is 1. The third-order valence-corrected chi connectivity index (χ3v) is 4.35. The third-order valence-electron chi connectivity index (χ3n) is 2.12. The van der Waals surface area contributed by atoms with Crippen molar-refractivity contribution in [1.82, 2.24) is 0 Å². The van der Waals surface area contributed by atoms with E-state index in [-0.39, 0.29) is 10.4 Å². The van der Waals surface area contributed by atoms with Crippen LogP contribution in [-0.4, -0.2) is 30.8 Å². The van der Waals surface area contributed by atoms with Gasteiger partial charge in [0.15, 0.2) is 9.84 Å². The van der Waals surface area contributed by atoms with Crippen molar-refractivity contribution in [2.24, 2.45) is 0 Å². The number of hydrogen-bond donors (Lipinski definition) is 2. The molecule has 2 N–H and O–H groups in total. The van der Waals surface area contributed by atoms with Gasteiger partial charge in [-0.25, -0.2) is 8.42 Å². The zero-order valence-corrected chi connectivity index (χ0v) is 9.40. The Labute approximate surface area is 89.6 Å². The first-order valence-corrected chi connectivity index (χ1v) is 6.11. The van der Waals surface area contributed by atoms with Crippen LogP contribution in [0.4, 0.5) is 0 Å². The van der Waals surface area contributed by atoms with Crippen LogP contribution in [-0.2, 0) is 9.84 Å². The lowest BCUT2D eigenvalue weighted by Gasteiger charge is -2.11. The SMILES string of the molecule is CC(C)S(=O)(=O)c1ccccc1B(O)O. The van der Waals surface area contributed by atoms with Crippen LogP contribution in [0.1, 0.15) is 13.8 Å². The molecule has 6 heteroatoms. The summed E-state index contributed by atoms with van der Waals surface area (Å²) in [5.74, 6) is 0. The third kappa shape index (κ3) is 2.39. The Balaban J connectivity index is 3.38. The Morgan fingerprint density at radius 1 is 1.20 bits per heavy atom. The summed E-state index contributed by atoms with van der Waals surface area (Å²) in [5.41, 5.74) is 0.0196. The largest absolute Gasteiger partial charge is 0.489 e. The highest BCUT2D eigenvalue weighted by Gasteiger charge is 2.26. The average molecular weight is 228 g/mol. The topological polar surface area (TPSA) is 74.6 Å². The second-order valence-electron chi connectivity index (χ2n) is 3.51. The normalized spacial score (nSPS) is 11.8. The molecule has 0 fully saturated rings. The molecule has 0 atom stereocenters. The molecule has 0 saturated heterocycles. The molecule has 0 spiro atoms. The van der Waals surface area contributed by atoms with Crippen molar-refractivity contribution in [3.05, 3.63) is 24.3 Å². The maximum Gasteiger partial charge on any atom is 0.489 e. The maximum absolute atomic E-state index is 11.8. The monoisotopic (exact) mass is 228 g/mol. The second-order valence-corrected chi connectivity index (χ2v) is 5.98. The van der Waals surface area contributed by atoms with E-state index in [0.717, 1.165) is 0 Å². The van der Waals surface area contributed by atoms with Crippen LogP contribution < -0.4 is 5.46 Å². The minimum atomic E-state index is -3.47. The van der Waals surface area contributed by atoms with Crippen molar-refractivity contribution in [3.8, 4) is 0 Å². The maximum atomic E-state index is 11.8. The molecule has 0 saturated carbocycles. The van der Waals surface area contributed by atoms with E-state index in [1.807, 2.05) is 0 Å². The molecule has 0 aliphatic rings. The van der Waals surface area contributed by atoms with Gasteiger partial charge in [0.1, 0.15) is 0 Å². The fourth-order valence-corrected chi connectivity index (χ4v) is 2.48. The van der Waals surface area contributed by atoms with Crippen LogP contribution in [0.25, 0.3) is 0 Å². The van der Waals surface area contributed by atoms with E-state index in [4.69, 9.17) is 10.0 Å². The quantitative estimate of drug-likeness (QED) is 0.687. The van der Waals surface area contributed by atoms with E-state index in [9.17, 15) is 8.42 Å². The summed E-state index contributed by atoms with van der Waals surface area (Å²) in [7, 11) is -5.24. The van der Waals surface area contributed by atoms with Crippen LogP contribution in [0.3, 0.4) is 0 Å². The van der Waals surface area contributed by atoms with E-state index in [1.54, 1.807) is 26.0 Å². The van der Waals surface area contributed by atoms with Crippen molar-refractivity contribution >= 4 is 22.4 Å². The molecular formula is C9H13BO4S. The van der Waals surface area contributed by atoms with Gasteiger partial charge in [-0.1, -0.05) is 18.2 Å². The van der Waals surface area contributed by atoms with Crippen LogP contribution in [0.5, 0.6) is 0 Å². The Bertz CT molecular complexity index is 439. The van der Waals surface area contributed by atoms with Crippen molar-refractivity contribution < 1.29 is 18.5 Å². The van der Waals surface area contributed by atoms with Gasteiger partial charge in [-0.3, -0.25) is 0 Å².